The maximum Gasteiger partial charge on any atom is 0.229 e. The molecular weight excluding hydrogens is 482 g/mol. The van der Waals surface area contributed by atoms with E-state index in [4.69, 9.17) is 9.97 Å². The summed E-state index contributed by atoms with van der Waals surface area (Å²) in [4.78, 5) is 32.4. The summed E-state index contributed by atoms with van der Waals surface area (Å²) in [6.07, 6.45) is 3.37. The van der Waals surface area contributed by atoms with Crippen LogP contribution < -0.4 is 5.32 Å². The molecule has 0 aliphatic heterocycles. The number of amides is 1. The zero-order chi connectivity index (χ0) is 25.7. The number of benzene rings is 1. The van der Waals surface area contributed by atoms with Gasteiger partial charge in [0.15, 0.2) is 11.5 Å². The number of anilines is 1. The number of aromatic nitrogens is 6. The highest BCUT2D eigenvalue weighted by atomic mass is 32.1. The molecule has 0 saturated heterocycles. The predicted molar refractivity (Wildman–Crippen MR) is 148 cm³/mol. The van der Waals surface area contributed by atoms with Gasteiger partial charge >= 0.3 is 0 Å². The average Bonchev–Trinajstić information content (AvgIpc) is 3.60. The van der Waals surface area contributed by atoms with Crippen LogP contribution in [-0.2, 0) is 4.79 Å². The molecule has 0 spiro atoms. The molecule has 1 aromatic carbocycles. The Morgan fingerprint density at radius 3 is 2.62 bits per heavy atom. The fourth-order valence-electron chi connectivity index (χ4n) is 4.11. The topological polar surface area (TPSA) is 112 Å². The van der Waals surface area contributed by atoms with E-state index in [0.717, 1.165) is 33.4 Å². The van der Waals surface area contributed by atoms with Crippen molar-refractivity contribution in [3.63, 3.8) is 0 Å². The monoisotopic (exact) mass is 507 g/mol. The molecule has 0 bridgehead atoms. The first-order chi connectivity index (χ1) is 17.8. The quantitative estimate of drug-likeness (QED) is 0.249. The summed E-state index contributed by atoms with van der Waals surface area (Å²) in [6.45, 7) is 7.72. The van der Waals surface area contributed by atoms with Gasteiger partial charge in [0.25, 0.3) is 0 Å². The lowest BCUT2D eigenvalue weighted by Crippen LogP contribution is -2.27. The Morgan fingerprint density at radius 1 is 0.973 bits per heavy atom. The van der Waals surface area contributed by atoms with Crippen molar-refractivity contribution in [2.75, 3.05) is 5.32 Å². The van der Waals surface area contributed by atoms with Crippen LogP contribution >= 0.6 is 11.3 Å². The molecule has 0 unspecified atom stereocenters. The normalized spacial score (nSPS) is 11.9. The van der Waals surface area contributed by atoms with Crippen molar-refractivity contribution >= 4 is 45.0 Å². The zero-order valence-electron chi connectivity index (χ0n) is 20.9. The Labute approximate surface area is 217 Å². The van der Waals surface area contributed by atoms with Crippen LogP contribution in [0.25, 0.3) is 55.3 Å². The number of nitrogens with zero attached hydrogens (tertiary/aromatic N) is 4. The SMILES string of the molecule is Cc1ccc(-c2cccc3[nH]c(-c4n[nH]c5ccc(-c6cncc(NC(=O)C(C)(C)C)c6)nc45)nc23)s1. The fourth-order valence-corrected chi connectivity index (χ4v) is 5.01. The number of aryl methyl sites for hydroxylation is 1. The molecule has 184 valence electrons. The number of thiophene rings is 1. The summed E-state index contributed by atoms with van der Waals surface area (Å²) in [5, 5.41) is 10.5. The van der Waals surface area contributed by atoms with Gasteiger partial charge in [0.05, 0.1) is 34.1 Å². The van der Waals surface area contributed by atoms with Gasteiger partial charge in [-0.2, -0.15) is 5.10 Å². The van der Waals surface area contributed by atoms with Gasteiger partial charge in [0, 0.05) is 32.5 Å². The number of hydrogen-bond donors (Lipinski definition) is 3. The molecule has 0 aliphatic rings. The highest BCUT2D eigenvalue weighted by Crippen LogP contribution is 2.35. The number of imidazole rings is 1. The van der Waals surface area contributed by atoms with Crippen LogP contribution in [0.1, 0.15) is 25.6 Å². The number of hydrogen-bond acceptors (Lipinski definition) is 6. The highest BCUT2D eigenvalue weighted by Gasteiger charge is 2.22. The minimum Gasteiger partial charge on any atom is -0.336 e. The lowest BCUT2D eigenvalue weighted by molar-refractivity contribution is -0.123. The van der Waals surface area contributed by atoms with Gasteiger partial charge in [0.2, 0.25) is 5.91 Å². The lowest BCUT2D eigenvalue weighted by atomic mass is 9.95. The Bertz CT molecular complexity index is 1790. The summed E-state index contributed by atoms with van der Waals surface area (Å²) in [5.41, 5.74) is 6.72. The van der Waals surface area contributed by atoms with Crippen molar-refractivity contribution in [2.45, 2.75) is 27.7 Å². The summed E-state index contributed by atoms with van der Waals surface area (Å²) in [6, 6.07) is 16.1. The molecule has 0 radical (unpaired) electrons. The highest BCUT2D eigenvalue weighted by molar-refractivity contribution is 7.15. The van der Waals surface area contributed by atoms with Gasteiger partial charge in [-0.05, 0) is 43.3 Å². The van der Waals surface area contributed by atoms with Crippen LogP contribution in [0.4, 0.5) is 5.69 Å². The number of rotatable bonds is 4. The average molecular weight is 508 g/mol. The number of carbonyl (C=O) groups is 1. The van der Waals surface area contributed by atoms with Gasteiger partial charge in [-0.15, -0.1) is 11.3 Å². The van der Waals surface area contributed by atoms with E-state index in [1.807, 2.05) is 51.1 Å². The first-order valence-corrected chi connectivity index (χ1v) is 12.8. The Morgan fingerprint density at radius 2 is 1.84 bits per heavy atom. The molecule has 0 saturated carbocycles. The summed E-state index contributed by atoms with van der Waals surface area (Å²) in [7, 11) is 0. The Kier molecular flexibility index (Phi) is 5.38. The van der Waals surface area contributed by atoms with E-state index < -0.39 is 5.41 Å². The van der Waals surface area contributed by atoms with Crippen molar-refractivity contribution in [3.05, 3.63) is 65.8 Å². The third kappa shape index (κ3) is 4.27. The minimum absolute atomic E-state index is 0.0751. The molecule has 0 atom stereocenters. The summed E-state index contributed by atoms with van der Waals surface area (Å²) in [5.74, 6) is 0.574. The van der Waals surface area contributed by atoms with Crippen LogP contribution in [0.2, 0.25) is 0 Å². The number of fused-ring (bicyclic) bond motifs is 2. The smallest absolute Gasteiger partial charge is 0.229 e. The van der Waals surface area contributed by atoms with Gasteiger partial charge in [-0.1, -0.05) is 32.9 Å². The molecule has 6 aromatic rings. The summed E-state index contributed by atoms with van der Waals surface area (Å²) < 4.78 is 0. The molecule has 3 N–H and O–H groups in total. The molecule has 37 heavy (non-hydrogen) atoms. The molecular formula is C28H25N7OS. The summed E-state index contributed by atoms with van der Waals surface area (Å²) >= 11 is 1.75. The van der Waals surface area contributed by atoms with Crippen molar-refractivity contribution in [3.8, 4) is 33.2 Å². The first-order valence-electron chi connectivity index (χ1n) is 11.9. The van der Waals surface area contributed by atoms with Crippen molar-refractivity contribution < 1.29 is 4.79 Å². The second kappa shape index (κ2) is 8.63. The fraction of sp³-hybridized carbons (Fsp3) is 0.179. The van der Waals surface area contributed by atoms with Crippen molar-refractivity contribution in [1.82, 2.24) is 30.1 Å². The van der Waals surface area contributed by atoms with E-state index in [2.05, 4.69) is 50.6 Å². The maximum absolute atomic E-state index is 12.4. The van der Waals surface area contributed by atoms with Crippen LogP contribution in [0.5, 0.6) is 0 Å². The maximum atomic E-state index is 12.4. The second-order valence-corrected chi connectivity index (χ2v) is 11.3. The molecule has 9 heteroatoms. The molecule has 6 rings (SSSR count). The van der Waals surface area contributed by atoms with E-state index in [9.17, 15) is 4.79 Å². The molecule has 8 nitrogen and oxygen atoms in total. The van der Waals surface area contributed by atoms with E-state index in [0.29, 0.717) is 22.7 Å². The van der Waals surface area contributed by atoms with E-state index >= 15 is 0 Å². The first kappa shape index (κ1) is 23.1. The van der Waals surface area contributed by atoms with Crippen molar-refractivity contribution in [1.29, 1.82) is 0 Å². The van der Waals surface area contributed by atoms with Gasteiger partial charge in [0.1, 0.15) is 5.52 Å². The molecule has 0 aliphatic carbocycles. The largest absolute Gasteiger partial charge is 0.336 e. The molecule has 1 amide bonds. The number of para-hydroxylation sites is 1. The lowest BCUT2D eigenvalue weighted by Gasteiger charge is -2.17. The zero-order valence-corrected chi connectivity index (χ0v) is 21.7. The van der Waals surface area contributed by atoms with Crippen molar-refractivity contribution in [2.24, 2.45) is 5.41 Å². The van der Waals surface area contributed by atoms with Crippen LogP contribution in [-0.4, -0.2) is 36.0 Å². The minimum atomic E-state index is -0.506. The van der Waals surface area contributed by atoms with Gasteiger partial charge in [-0.3, -0.25) is 14.9 Å². The third-order valence-corrected chi connectivity index (χ3v) is 7.16. The predicted octanol–water partition coefficient (Wildman–Crippen LogP) is 6.58. The molecule has 5 heterocycles. The Balaban J connectivity index is 1.40. The third-order valence-electron chi connectivity index (χ3n) is 6.12. The van der Waals surface area contributed by atoms with Crippen LogP contribution in [0.15, 0.2) is 60.9 Å². The number of carbonyl (C=O) groups excluding carboxylic acids is 1. The second-order valence-electron chi connectivity index (χ2n) is 10.0. The molecule has 0 fully saturated rings. The van der Waals surface area contributed by atoms with Gasteiger partial charge < -0.3 is 10.3 Å². The van der Waals surface area contributed by atoms with Gasteiger partial charge in [-0.25, -0.2) is 9.97 Å². The van der Waals surface area contributed by atoms with Crippen LogP contribution in [0.3, 0.4) is 0 Å². The molecule has 5 aromatic heterocycles. The number of nitrogens with one attached hydrogen (secondary N) is 3. The number of aromatic amines is 2. The number of H-pyrrole nitrogens is 2. The Hall–Kier alpha value is -4.37. The van der Waals surface area contributed by atoms with E-state index in [-0.39, 0.29) is 5.91 Å². The van der Waals surface area contributed by atoms with E-state index in [1.54, 1.807) is 23.7 Å². The standard InChI is InChI=1S/C28H25N7OS/c1-15-8-11-22(37-15)18-6-5-7-20-23(18)33-26(32-20)25-24-21(34-35-25)10-9-19(31-24)16-12-17(14-29-13-16)30-27(36)28(2,3)4/h5-14H,1-4H3,(H,30,36)(H,32,33)(H,34,35). The van der Waals surface area contributed by atoms with Crippen LogP contribution in [0, 0.1) is 12.3 Å². The van der Waals surface area contributed by atoms with E-state index in [1.165, 1.54) is 9.75 Å². The number of pyridine rings is 2.